The summed E-state index contributed by atoms with van der Waals surface area (Å²) >= 11 is 0. The average molecular weight is 378 g/mol. The minimum atomic E-state index is -0.00126. The van der Waals surface area contributed by atoms with E-state index in [1.807, 2.05) is 35.2 Å². The van der Waals surface area contributed by atoms with Crippen molar-refractivity contribution >= 4 is 17.2 Å². The summed E-state index contributed by atoms with van der Waals surface area (Å²) < 4.78 is 0. The van der Waals surface area contributed by atoms with Gasteiger partial charge in [-0.15, -0.1) is 0 Å². The Labute approximate surface area is 168 Å². The Morgan fingerprint density at radius 2 is 1.71 bits per heavy atom. The highest BCUT2D eigenvalue weighted by Crippen LogP contribution is 2.40. The van der Waals surface area contributed by atoms with E-state index in [9.17, 15) is 4.79 Å². The Balaban J connectivity index is 1.41. The van der Waals surface area contributed by atoms with Crippen LogP contribution in [0.3, 0.4) is 0 Å². The lowest BCUT2D eigenvalue weighted by Gasteiger charge is -2.43. The van der Waals surface area contributed by atoms with E-state index in [1.54, 1.807) is 0 Å². The molecule has 4 rings (SSSR count). The van der Waals surface area contributed by atoms with Gasteiger partial charge in [0, 0.05) is 36.8 Å². The largest absolute Gasteiger partial charge is 0.305 e. The van der Waals surface area contributed by atoms with Gasteiger partial charge in [-0.1, -0.05) is 32.0 Å². The number of anilines is 1. The molecule has 0 N–H and O–H groups in total. The fourth-order valence-electron chi connectivity index (χ4n) is 5.47. The predicted octanol–water partition coefficient (Wildman–Crippen LogP) is 4.62. The highest BCUT2D eigenvalue weighted by Gasteiger charge is 2.39. The maximum absolute atomic E-state index is 13.0. The fraction of sp³-hybridized carbons (Fsp3) is 0.583. The minimum absolute atomic E-state index is 0.00126. The first-order valence-corrected chi connectivity index (χ1v) is 10.9. The van der Waals surface area contributed by atoms with Crippen LogP contribution in [0.4, 0.5) is 5.69 Å². The van der Waals surface area contributed by atoms with Gasteiger partial charge in [0.2, 0.25) is 0 Å². The zero-order valence-corrected chi connectivity index (χ0v) is 17.1. The topological polar surface area (TPSA) is 47.3 Å². The van der Waals surface area contributed by atoms with Gasteiger partial charge < -0.3 is 9.80 Å². The van der Waals surface area contributed by atoms with Crippen LogP contribution in [0.5, 0.6) is 0 Å². The molecule has 1 aromatic carbocycles. The lowest BCUT2D eigenvalue weighted by atomic mass is 9.79. The molecule has 0 unspecified atom stereocenters. The van der Waals surface area contributed by atoms with Crippen molar-refractivity contribution in [1.82, 2.24) is 4.90 Å². The molecular weight excluding hydrogens is 346 g/mol. The number of amides is 1. The summed E-state index contributed by atoms with van der Waals surface area (Å²) in [6.07, 6.45) is 8.82. The molecule has 0 atom stereocenters. The highest BCUT2D eigenvalue weighted by molar-refractivity contribution is 6.33. The van der Waals surface area contributed by atoms with E-state index < -0.39 is 0 Å². The van der Waals surface area contributed by atoms with Crippen molar-refractivity contribution in [2.24, 2.45) is 11.8 Å². The zero-order chi connectivity index (χ0) is 19.7. The first-order chi connectivity index (χ1) is 13.6. The summed E-state index contributed by atoms with van der Waals surface area (Å²) in [6.45, 7) is 6.86. The summed E-state index contributed by atoms with van der Waals surface area (Å²) in [4.78, 5) is 17.7. The van der Waals surface area contributed by atoms with Gasteiger partial charge in [0.05, 0.1) is 17.3 Å². The lowest BCUT2D eigenvalue weighted by Crippen LogP contribution is -2.49. The van der Waals surface area contributed by atoms with Crippen LogP contribution in [-0.2, 0) is 4.79 Å². The standard InChI is InChI=1S/C24H31N3O/c1-17(2)18-7-9-19(10-8-18)26-15-12-20(13-16-26)27-23-6-4-3-5-21(23)22(11-14-25)24(27)28/h3-6,11,17-20H,7-10,12-13,15-16H2,1-2H3/b22-11-/t18-,19+. The number of para-hydroxylation sites is 1. The van der Waals surface area contributed by atoms with Crippen LogP contribution < -0.4 is 4.90 Å². The molecule has 1 amide bonds. The van der Waals surface area contributed by atoms with Crippen LogP contribution in [0, 0.1) is 23.2 Å². The van der Waals surface area contributed by atoms with Gasteiger partial charge in [0.15, 0.2) is 0 Å². The smallest absolute Gasteiger partial charge is 0.259 e. The third-order valence-corrected chi connectivity index (χ3v) is 7.18. The Kier molecular flexibility index (Phi) is 5.55. The maximum Gasteiger partial charge on any atom is 0.259 e. The van der Waals surface area contributed by atoms with Crippen LogP contribution in [0.1, 0.15) is 57.9 Å². The summed E-state index contributed by atoms with van der Waals surface area (Å²) in [5.74, 6) is 1.71. The molecule has 2 fully saturated rings. The normalized spacial score (nSPS) is 28.0. The van der Waals surface area contributed by atoms with Gasteiger partial charge in [0.25, 0.3) is 5.91 Å². The average Bonchev–Trinajstić information content (AvgIpc) is 3.00. The van der Waals surface area contributed by atoms with Crippen molar-refractivity contribution in [2.45, 2.75) is 64.5 Å². The van der Waals surface area contributed by atoms with Crippen molar-refractivity contribution in [3.05, 3.63) is 35.9 Å². The van der Waals surface area contributed by atoms with Gasteiger partial charge >= 0.3 is 0 Å². The SMILES string of the molecule is CC(C)[C@H]1CC[C@@H](N2CCC(N3C(=O)/C(=C\C#N)c4ccccc43)CC2)CC1. The first-order valence-electron chi connectivity index (χ1n) is 10.9. The number of nitriles is 1. The molecule has 0 aromatic heterocycles. The number of nitrogens with zero attached hydrogens (tertiary/aromatic N) is 3. The molecule has 3 aliphatic rings. The molecule has 4 nitrogen and oxygen atoms in total. The summed E-state index contributed by atoms with van der Waals surface area (Å²) in [6, 6.07) is 10.9. The molecule has 0 spiro atoms. The van der Waals surface area contributed by atoms with Gasteiger partial charge in [-0.3, -0.25) is 4.79 Å². The van der Waals surface area contributed by atoms with E-state index in [4.69, 9.17) is 5.26 Å². The number of allylic oxidation sites excluding steroid dienone is 1. The molecule has 1 saturated heterocycles. The third-order valence-electron chi connectivity index (χ3n) is 7.18. The molecule has 0 radical (unpaired) electrons. The quantitative estimate of drug-likeness (QED) is 0.570. The maximum atomic E-state index is 13.0. The van der Waals surface area contributed by atoms with E-state index in [0.29, 0.717) is 5.57 Å². The van der Waals surface area contributed by atoms with Crippen molar-refractivity contribution < 1.29 is 4.79 Å². The first kappa shape index (κ1) is 19.2. The summed E-state index contributed by atoms with van der Waals surface area (Å²) in [5, 5.41) is 9.09. The number of piperidine rings is 1. The molecule has 2 heterocycles. The fourth-order valence-corrected chi connectivity index (χ4v) is 5.47. The van der Waals surface area contributed by atoms with E-state index in [-0.39, 0.29) is 11.9 Å². The van der Waals surface area contributed by atoms with Crippen LogP contribution in [0.15, 0.2) is 30.3 Å². The molecule has 1 aliphatic carbocycles. The van der Waals surface area contributed by atoms with Crippen LogP contribution in [-0.4, -0.2) is 36.0 Å². The lowest BCUT2D eigenvalue weighted by molar-refractivity contribution is -0.113. The molecule has 2 aliphatic heterocycles. The van der Waals surface area contributed by atoms with Gasteiger partial charge in [-0.25, -0.2) is 0 Å². The number of fused-ring (bicyclic) bond motifs is 1. The Morgan fingerprint density at radius 1 is 1.04 bits per heavy atom. The minimum Gasteiger partial charge on any atom is -0.305 e. The van der Waals surface area contributed by atoms with Crippen molar-refractivity contribution in [2.75, 3.05) is 18.0 Å². The number of carbonyl (C=O) groups is 1. The molecule has 1 saturated carbocycles. The van der Waals surface area contributed by atoms with E-state index in [0.717, 1.165) is 55.1 Å². The van der Waals surface area contributed by atoms with E-state index >= 15 is 0 Å². The Morgan fingerprint density at radius 3 is 2.36 bits per heavy atom. The molecule has 4 heteroatoms. The van der Waals surface area contributed by atoms with Crippen LogP contribution >= 0.6 is 0 Å². The highest BCUT2D eigenvalue weighted by atomic mass is 16.2. The summed E-state index contributed by atoms with van der Waals surface area (Å²) in [5.41, 5.74) is 2.43. The van der Waals surface area contributed by atoms with Gasteiger partial charge in [-0.05, 0) is 56.4 Å². The van der Waals surface area contributed by atoms with E-state index in [1.165, 1.54) is 31.8 Å². The number of rotatable bonds is 3. The number of benzene rings is 1. The molecule has 148 valence electrons. The summed E-state index contributed by atoms with van der Waals surface area (Å²) in [7, 11) is 0. The van der Waals surface area contributed by atoms with Crippen LogP contribution in [0.25, 0.3) is 5.57 Å². The number of likely N-dealkylation sites (tertiary alicyclic amines) is 1. The van der Waals surface area contributed by atoms with Crippen molar-refractivity contribution in [3.8, 4) is 6.07 Å². The Hall–Kier alpha value is -2.12. The van der Waals surface area contributed by atoms with E-state index in [2.05, 4.69) is 18.7 Å². The number of hydrogen-bond acceptors (Lipinski definition) is 3. The molecule has 0 bridgehead atoms. The van der Waals surface area contributed by atoms with Crippen LogP contribution in [0.2, 0.25) is 0 Å². The number of hydrogen-bond donors (Lipinski definition) is 0. The van der Waals surface area contributed by atoms with Crippen molar-refractivity contribution in [3.63, 3.8) is 0 Å². The second-order valence-corrected chi connectivity index (χ2v) is 8.96. The predicted molar refractivity (Wildman–Crippen MR) is 113 cm³/mol. The zero-order valence-electron chi connectivity index (χ0n) is 17.1. The van der Waals surface area contributed by atoms with Gasteiger partial charge in [0.1, 0.15) is 0 Å². The number of carbonyl (C=O) groups excluding carboxylic acids is 1. The molecule has 28 heavy (non-hydrogen) atoms. The third kappa shape index (κ3) is 3.49. The molecular formula is C24H31N3O. The Bertz CT molecular complexity index is 790. The second kappa shape index (κ2) is 8.09. The second-order valence-electron chi connectivity index (χ2n) is 8.96. The molecule has 1 aromatic rings. The monoisotopic (exact) mass is 377 g/mol. The van der Waals surface area contributed by atoms with Gasteiger partial charge in [-0.2, -0.15) is 5.26 Å². The van der Waals surface area contributed by atoms with Crippen molar-refractivity contribution in [1.29, 1.82) is 5.26 Å².